The van der Waals surface area contributed by atoms with Crippen LogP contribution in [0.5, 0.6) is 5.75 Å². The molecule has 0 amide bonds. The maximum atomic E-state index is 11.4. The average Bonchev–Trinajstić information content (AvgIpc) is 3.52. The van der Waals surface area contributed by atoms with E-state index in [2.05, 4.69) is 39.9 Å². The summed E-state index contributed by atoms with van der Waals surface area (Å²) in [6, 6.07) is 12.8. The molecule has 1 aliphatic heterocycles. The number of anilines is 2. The molecule has 168 valence electrons. The summed E-state index contributed by atoms with van der Waals surface area (Å²) in [5.74, 6) is 2.92. The molecule has 1 aliphatic carbocycles. The van der Waals surface area contributed by atoms with Gasteiger partial charge < -0.3 is 19.3 Å². The van der Waals surface area contributed by atoms with E-state index in [1.807, 2.05) is 24.4 Å². The summed E-state index contributed by atoms with van der Waals surface area (Å²) < 4.78 is 6.22. The van der Waals surface area contributed by atoms with E-state index >= 15 is 0 Å². The average molecular weight is 434 g/mol. The second-order valence-electron chi connectivity index (χ2n) is 8.90. The highest BCUT2D eigenvalue weighted by Crippen LogP contribution is 2.31. The first-order valence-electron chi connectivity index (χ1n) is 11.5. The summed E-state index contributed by atoms with van der Waals surface area (Å²) in [4.78, 5) is 25.1. The third kappa shape index (κ3) is 5.56. The van der Waals surface area contributed by atoms with E-state index in [4.69, 9.17) is 15.0 Å². The van der Waals surface area contributed by atoms with E-state index in [0.717, 1.165) is 55.4 Å². The molecule has 0 radical (unpaired) electrons. The second-order valence-corrected chi connectivity index (χ2v) is 8.90. The van der Waals surface area contributed by atoms with Crippen LogP contribution < -0.4 is 14.5 Å². The van der Waals surface area contributed by atoms with Gasteiger partial charge in [-0.2, -0.15) is 10.2 Å². The lowest BCUT2D eigenvalue weighted by molar-refractivity contribution is -0.117. The van der Waals surface area contributed by atoms with Gasteiger partial charge in [-0.3, -0.25) is 0 Å². The van der Waals surface area contributed by atoms with Gasteiger partial charge in [0.2, 0.25) is 5.95 Å². The second kappa shape index (κ2) is 9.99. The lowest BCUT2D eigenvalue weighted by Crippen LogP contribution is -2.30. The SMILES string of the molecule is CC(=O)C[C@@H](C)c1ccc(O[C@@H]2CCN(c3ccnc(N(CCC#N)C4CC4)n3)C2)cc1. The number of benzene rings is 1. The quantitative estimate of drug-likeness (QED) is 0.558. The predicted molar refractivity (Wildman–Crippen MR) is 124 cm³/mol. The lowest BCUT2D eigenvalue weighted by Gasteiger charge is -2.23. The van der Waals surface area contributed by atoms with Crippen molar-refractivity contribution in [3.63, 3.8) is 0 Å². The minimum atomic E-state index is 0.104. The fraction of sp³-hybridized carbons (Fsp3) is 0.520. The van der Waals surface area contributed by atoms with Crippen molar-refractivity contribution in [1.82, 2.24) is 9.97 Å². The molecule has 7 nitrogen and oxygen atoms in total. The van der Waals surface area contributed by atoms with Crippen LogP contribution in [0.25, 0.3) is 0 Å². The number of nitriles is 1. The van der Waals surface area contributed by atoms with Crippen LogP contribution in [0.1, 0.15) is 57.4 Å². The number of hydrogen-bond acceptors (Lipinski definition) is 7. The minimum absolute atomic E-state index is 0.104. The van der Waals surface area contributed by atoms with Crippen LogP contribution in [-0.2, 0) is 4.79 Å². The van der Waals surface area contributed by atoms with Crippen LogP contribution in [0.3, 0.4) is 0 Å². The van der Waals surface area contributed by atoms with Crippen molar-refractivity contribution >= 4 is 17.5 Å². The first kappa shape index (κ1) is 22.1. The van der Waals surface area contributed by atoms with Crippen LogP contribution in [0.15, 0.2) is 36.5 Å². The number of nitrogens with zero attached hydrogens (tertiary/aromatic N) is 5. The van der Waals surface area contributed by atoms with Gasteiger partial charge >= 0.3 is 0 Å². The molecule has 1 saturated heterocycles. The summed E-state index contributed by atoms with van der Waals surface area (Å²) in [6.07, 6.45) is 6.18. The molecule has 0 spiro atoms. The Labute approximate surface area is 190 Å². The van der Waals surface area contributed by atoms with Gasteiger partial charge in [-0.25, -0.2) is 4.98 Å². The summed E-state index contributed by atoms with van der Waals surface area (Å²) >= 11 is 0. The summed E-state index contributed by atoms with van der Waals surface area (Å²) in [5.41, 5.74) is 1.16. The Morgan fingerprint density at radius 1 is 1.28 bits per heavy atom. The van der Waals surface area contributed by atoms with E-state index in [0.29, 0.717) is 25.4 Å². The van der Waals surface area contributed by atoms with Crippen LogP contribution >= 0.6 is 0 Å². The molecule has 0 N–H and O–H groups in total. The van der Waals surface area contributed by atoms with E-state index in [1.165, 1.54) is 0 Å². The molecule has 1 aromatic heterocycles. The van der Waals surface area contributed by atoms with Crippen LogP contribution in [0.2, 0.25) is 0 Å². The van der Waals surface area contributed by atoms with Crippen molar-refractivity contribution < 1.29 is 9.53 Å². The Hall–Kier alpha value is -3.14. The Morgan fingerprint density at radius 2 is 2.06 bits per heavy atom. The molecule has 1 saturated carbocycles. The Kier molecular flexibility index (Phi) is 6.89. The number of ether oxygens (including phenoxy) is 1. The number of hydrogen-bond donors (Lipinski definition) is 0. The van der Waals surface area contributed by atoms with Gasteiger partial charge in [0.05, 0.1) is 19.0 Å². The zero-order valence-corrected chi connectivity index (χ0v) is 18.9. The minimum Gasteiger partial charge on any atom is -0.489 e. The highest BCUT2D eigenvalue weighted by atomic mass is 16.5. The van der Waals surface area contributed by atoms with Gasteiger partial charge in [-0.15, -0.1) is 0 Å². The van der Waals surface area contributed by atoms with Gasteiger partial charge in [0.25, 0.3) is 0 Å². The van der Waals surface area contributed by atoms with Crippen molar-refractivity contribution in [2.75, 3.05) is 29.4 Å². The maximum absolute atomic E-state index is 11.4. The molecule has 7 heteroatoms. The molecular weight excluding hydrogens is 402 g/mol. The molecule has 2 aliphatic rings. The van der Waals surface area contributed by atoms with Crippen LogP contribution in [0, 0.1) is 11.3 Å². The molecule has 2 atom stereocenters. The Balaban J connectivity index is 1.35. The Bertz CT molecular complexity index is 967. The molecule has 0 unspecified atom stereocenters. The smallest absolute Gasteiger partial charge is 0.227 e. The highest BCUT2D eigenvalue weighted by molar-refractivity contribution is 5.76. The van der Waals surface area contributed by atoms with Crippen LogP contribution in [-0.4, -0.2) is 47.5 Å². The zero-order chi connectivity index (χ0) is 22.5. The number of carbonyl (C=O) groups is 1. The fourth-order valence-corrected chi connectivity index (χ4v) is 4.31. The zero-order valence-electron chi connectivity index (χ0n) is 18.9. The molecule has 1 aromatic carbocycles. The fourth-order valence-electron chi connectivity index (χ4n) is 4.31. The highest BCUT2D eigenvalue weighted by Gasteiger charge is 2.31. The first-order chi connectivity index (χ1) is 15.5. The van der Waals surface area contributed by atoms with Crippen LogP contribution in [0.4, 0.5) is 11.8 Å². The number of rotatable bonds is 10. The Morgan fingerprint density at radius 3 is 2.75 bits per heavy atom. The predicted octanol–water partition coefficient (Wildman–Crippen LogP) is 4.10. The van der Waals surface area contributed by atoms with Crippen molar-refractivity contribution in [2.24, 2.45) is 0 Å². The molecule has 32 heavy (non-hydrogen) atoms. The van der Waals surface area contributed by atoms with Gasteiger partial charge in [0.15, 0.2) is 0 Å². The molecule has 2 heterocycles. The number of Topliss-reactive ketones (excluding diaryl/α,β-unsaturated/α-hetero) is 1. The van der Waals surface area contributed by atoms with Crippen molar-refractivity contribution in [2.45, 2.75) is 64.0 Å². The molecule has 2 fully saturated rings. The molecule has 2 aromatic rings. The first-order valence-corrected chi connectivity index (χ1v) is 11.5. The van der Waals surface area contributed by atoms with Gasteiger partial charge in [0.1, 0.15) is 23.5 Å². The third-order valence-corrected chi connectivity index (χ3v) is 6.15. The topological polar surface area (TPSA) is 82.4 Å². The van der Waals surface area contributed by atoms with Crippen molar-refractivity contribution in [3.05, 3.63) is 42.1 Å². The third-order valence-electron chi connectivity index (χ3n) is 6.15. The van der Waals surface area contributed by atoms with Gasteiger partial charge in [-0.1, -0.05) is 19.1 Å². The normalized spacial score (nSPS) is 18.8. The van der Waals surface area contributed by atoms with E-state index in [9.17, 15) is 4.79 Å². The summed E-state index contributed by atoms with van der Waals surface area (Å²) in [5, 5.41) is 8.97. The van der Waals surface area contributed by atoms with Crippen molar-refractivity contribution in [3.8, 4) is 11.8 Å². The molecular formula is C25H31N5O2. The summed E-state index contributed by atoms with van der Waals surface area (Å²) in [7, 11) is 0. The number of ketones is 1. The number of carbonyl (C=O) groups excluding carboxylic acids is 1. The van der Waals surface area contributed by atoms with Gasteiger partial charge in [0, 0.05) is 38.2 Å². The van der Waals surface area contributed by atoms with Crippen molar-refractivity contribution in [1.29, 1.82) is 5.26 Å². The standard InChI is InChI=1S/C25H31N5O2/c1-18(16-19(2)31)20-4-8-22(9-5-20)32-23-11-15-29(17-23)24-10-13-27-25(28-24)30(14-3-12-26)21-6-7-21/h4-5,8-10,13,18,21,23H,3,6-7,11,14-17H2,1-2H3/t18-,23-/m1/s1. The maximum Gasteiger partial charge on any atom is 0.227 e. The van der Waals surface area contributed by atoms with E-state index in [-0.39, 0.29) is 17.8 Å². The van der Waals surface area contributed by atoms with E-state index in [1.54, 1.807) is 6.92 Å². The summed E-state index contributed by atoms with van der Waals surface area (Å²) in [6.45, 7) is 6.05. The lowest BCUT2D eigenvalue weighted by atomic mass is 9.96. The largest absolute Gasteiger partial charge is 0.489 e. The molecule has 0 bridgehead atoms. The van der Waals surface area contributed by atoms with E-state index < -0.39 is 0 Å². The monoisotopic (exact) mass is 433 g/mol. The molecule has 4 rings (SSSR count). The van der Waals surface area contributed by atoms with Gasteiger partial charge in [-0.05, 0) is 49.4 Å². The number of aromatic nitrogens is 2.